The minimum atomic E-state index is 0.600. The number of rotatable bonds is 5. The van der Waals surface area contributed by atoms with E-state index in [1.807, 2.05) is 103 Å². The summed E-state index contributed by atoms with van der Waals surface area (Å²) < 4.78 is 12.5. The largest absolute Gasteiger partial charge is 0.456 e. The molecular formula is C44H26N4O2. The van der Waals surface area contributed by atoms with Gasteiger partial charge in [-0.15, -0.1) is 0 Å². The van der Waals surface area contributed by atoms with E-state index in [0.29, 0.717) is 23.4 Å². The molecule has 3 heterocycles. The zero-order chi connectivity index (χ0) is 33.0. The van der Waals surface area contributed by atoms with Crippen LogP contribution in [-0.2, 0) is 0 Å². The molecule has 0 saturated heterocycles. The van der Waals surface area contributed by atoms with Gasteiger partial charge in [-0.05, 0) is 58.3 Å². The first-order valence-electron chi connectivity index (χ1n) is 16.5. The molecule has 0 bridgehead atoms. The highest BCUT2D eigenvalue weighted by molar-refractivity contribution is 6.10. The van der Waals surface area contributed by atoms with Crippen LogP contribution in [0.2, 0.25) is 0 Å². The average Bonchev–Trinajstić information content (AvgIpc) is 3.77. The molecule has 50 heavy (non-hydrogen) atoms. The third-order valence-corrected chi connectivity index (χ3v) is 9.16. The van der Waals surface area contributed by atoms with Crippen molar-refractivity contribution in [1.29, 1.82) is 0 Å². The van der Waals surface area contributed by atoms with Crippen molar-refractivity contribution in [1.82, 2.24) is 19.9 Å². The van der Waals surface area contributed by atoms with Gasteiger partial charge < -0.3 is 8.83 Å². The number of aromatic nitrogens is 4. The monoisotopic (exact) mass is 642 g/mol. The van der Waals surface area contributed by atoms with E-state index in [0.717, 1.165) is 77.2 Å². The van der Waals surface area contributed by atoms with Crippen molar-refractivity contribution in [3.8, 4) is 56.7 Å². The van der Waals surface area contributed by atoms with Gasteiger partial charge in [-0.1, -0.05) is 115 Å². The van der Waals surface area contributed by atoms with Crippen LogP contribution in [0.4, 0.5) is 0 Å². The molecule has 0 spiro atoms. The highest BCUT2D eigenvalue weighted by Gasteiger charge is 2.17. The average molecular weight is 643 g/mol. The fourth-order valence-corrected chi connectivity index (χ4v) is 6.67. The minimum absolute atomic E-state index is 0.600. The van der Waals surface area contributed by atoms with Crippen LogP contribution in [0.3, 0.4) is 0 Å². The Morgan fingerprint density at radius 1 is 0.340 bits per heavy atom. The number of hydrogen-bond acceptors (Lipinski definition) is 6. The number of furan rings is 1. The van der Waals surface area contributed by atoms with Gasteiger partial charge in [-0.25, -0.2) is 19.9 Å². The molecule has 0 radical (unpaired) electrons. The SMILES string of the molecule is c1ccc(-c2nc(-c3ccccc3)nc(-c3cccc4cc(-c5ccc6c(c5)oc5cc7nc(-c8ccccc8)oc7cc56)ccc34)n2)cc1. The summed E-state index contributed by atoms with van der Waals surface area (Å²) in [6.07, 6.45) is 0. The summed E-state index contributed by atoms with van der Waals surface area (Å²) in [5.74, 6) is 2.52. The lowest BCUT2D eigenvalue weighted by Gasteiger charge is -2.11. The van der Waals surface area contributed by atoms with Gasteiger partial charge in [0.25, 0.3) is 0 Å². The molecule has 234 valence electrons. The quantitative estimate of drug-likeness (QED) is 0.186. The maximum absolute atomic E-state index is 6.39. The molecule has 0 aliphatic carbocycles. The summed E-state index contributed by atoms with van der Waals surface area (Å²) in [6, 6.07) is 53.2. The van der Waals surface area contributed by atoms with Crippen LogP contribution in [0.1, 0.15) is 0 Å². The fourth-order valence-electron chi connectivity index (χ4n) is 6.67. The summed E-state index contributed by atoms with van der Waals surface area (Å²) in [6.45, 7) is 0. The van der Waals surface area contributed by atoms with E-state index in [4.69, 9.17) is 28.8 Å². The van der Waals surface area contributed by atoms with Gasteiger partial charge in [0, 0.05) is 39.1 Å². The van der Waals surface area contributed by atoms with E-state index in [9.17, 15) is 0 Å². The van der Waals surface area contributed by atoms with E-state index in [1.54, 1.807) is 0 Å². The van der Waals surface area contributed by atoms with Crippen molar-refractivity contribution in [2.75, 3.05) is 0 Å². The molecule has 0 amide bonds. The maximum atomic E-state index is 6.39. The Hall–Kier alpha value is -6.92. The minimum Gasteiger partial charge on any atom is -0.456 e. The fraction of sp³-hybridized carbons (Fsp3) is 0. The summed E-state index contributed by atoms with van der Waals surface area (Å²) in [4.78, 5) is 19.5. The van der Waals surface area contributed by atoms with Crippen LogP contribution in [0, 0.1) is 0 Å². The number of oxazole rings is 1. The van der Waals surface area contributed by atoms with E-state index in [2.05, 4.69) is 54.6 Å². The zero-order valence-corrected chi connectivity index (χ0v) is 26.6. The van der Waals surface area contributed by atoms with E-state index in [-0.39, 0.29) is 0 Å². The van der Waals surface area contributed by atoms with Crippen molar-refractivity contribution in [3.63, 3.8) is 0 Å². The van der Waals surface area contributed by atoms with Crippen LogP contribution in [0.25, 0.3) is 101 Å². The molecule has 3 aromatic heterocycles. The third kappa shape index (κ3) is 4.81. The molecule has 0 fully saturated rings. The van der Waals surface area contributed by atoms with Crippen molar-refractivity contribution < 1.29 is 8.83 Å². The zero-order valence-electron chi connectivity index (χ0n) is 26.6. The number of fused-ring (bicyclic) bond motifs is 5. The number of benzene rings is 7. The Morgan fingerprint density at radius 2 is 0.940 bits per heavy atom. The number of nitrogens with zero attached hydrogens (tertiary/aromatic N) is 4. The molecule has 6 nitrogen and oxygen atoms in total. The highest BCUT2D eigenvalue weighted by atomic mass is 16.4. The smallest absolute Gasteiger partial charge is 0.227 e. The van der Waals surface area contributed by atoms with Crippen LogP contribution >= 0.6 is 0 Å². The number of hydrogen-bond donors (Lipinski definition) is 0. The Bertz CT molecular complexity index is 2800. The second-order valence-corrected chi connectivity index (χ2v) is 12.3. The van der Waals surface area contributed by atoms with Gasteiger partial charge in [0.15, 0.2) is 23.1 Å². The van der Waals surface area contributed by atoms with Gasteiger partial charge in [-0.3, -0.25) is 0 Å². The Morgan fingerprint density at radius 3 is 1.64 bits per heavy atom. The van der Waals surface area contributed by atoms with E-state index >= 15 is 0 Å². The summed E-state index contributed by atoms with van der Waals surface area (Å²) >= 11 is 0. The lowest BCUT2D eigenvalue weighted by Crippen LogP contribution is -2.00. The lowest BCUT2D eigenvalue weighted by atomic mass is 9.97. The van der Waals surface area contributed by atoms with Gasteiger partial charge in [-0.2, -0.15) is 0 Å². The molecule has 0 aliphatic rings. The van der Waals surface area contributed by atoms with Gasteiger partial charge in [0.05, 0.1) is 0 Å². The molecular weight excluding hydrogens is 617 g/mol. The third-order valence-electron chi connectivity index (χ3n) is 9.16. The predicted molar refractivity (Wildman–Crippen MR) is 199 cm³/mol. The van der Waals surface area contributed by atoms with Crippen molar-refractivity contribution in [3.05, 3.63) is 158 Å². The molecule has 0 saturated carbocycles. The van der Waals surface area contributed by atoms with Crippen molar-refractivity contribution in [2.45, 2.75) is 0 Å². The Kier molecular flexibility index (Phi) is 6.39. The second kappa shape index (κ2) is 11.4. The predicted octanol–water partition coefficient (Wildman–Crippen LogP) is 11.4. The van der Waals surface area contributed by atoms with Crippen LogP contribution in [0.5, 0.6) is 0 Å². The standard InChI is InChI=1S/C44H26N4O2/c1-4-11-27(12-5-1)41-46-42(28-13-6-2-7-14-28)48-43(47-41)35-18-10-17-32-23-30(19-21-33(32)35)31-20-22-34-36-25-40-37(26-39(36)49-38(34)24-31)45-44(50-40)29-15-8-3-9-16-29/h1-26H. The first kappa shape index (κ1) is 28.1. The highest BCUT2D eigenvalue weighted by Crippen LogP contribution is 2.37. The van der Waals surface area contributed by atoms with Crippen molar-refractivity contribution in [2.24, 2.45) is 0 Å². The van der Waals surface area contributed by atoms with Crippen molar-refractivity contribution >= 4 is 43.8 Å². The van der Waals surface area contributed by atoms with Gasteiger partial charge in [0.1, 0.15) is 16.7 Å². The molecule has 0 N–H and O–H groups in total. The summed E-state index contributed by atoms with van der Waals surface area (Å²) in [5, 5.41) is 4.19. The van der Waals surface area contributed by atoms with E-state index < -0.39 is 0 Å². The molecule has 7 aromatic carbocycles. The maximum Gasteiger partial charge on any atom is 0.227 e. The second-order valence-electron chi connectivity index (χ2n) is 12.3. The van der Waals surface area contributed by atoms with Gasteiger partial charge in [0.2, 0.25) is 5.89 Å². The Labute approximate surface area is 286 Å². The van der Waals surface area contributed by atoms with E-state index in [1.165, 1.54) is 0 Å². The molecule has 0 atom stereocenters. The molecule has 10 aromatic rings. The molecule has 0 aliphatic heterocycles. The first-order valence-corrected chi connectivity index (χ1v) is 16.5. The van der Waals surface area contributed by atoms with Crippen LogP contribution in [0.15, 0.2) is 167 Å². The van der Waals surface area contributed by atoms with Crippen LogP contribution in [-0.4, -0.2) is 19.9 Å². The molecule has 10 rings (SSSR count). The normalized spacial score (nSPS) is 11.6. The molecule has 6 heteroatoms. The van der Waals surface area contributed by atoms with Gasteiger partial charge >= 0.3 is 0 Å². The summed E-state index contributed by atoms with van der Waals surface area (Å²) in [7, 11) is 0. The summed E-state index contributed by atoms with van der Waals surface area (Å²) in [5.41, 5.74) is 9.03. The topological polar surface area (TPSA) is 77.8 Å². The lowest BCUT2D eigenvalue weighted by molar-refractivity contribution is 0.620. The van der Waals surface area contributed by atoms with Crippen LogP contribution < -0.4 is 0 Å². The Balaban J connectivity index is 1.04. The first-order chi connectivity index (χ1) is 24.7. The molecule has 0 unspecified atom stereocenters.